The fourth-order valence-corrected chi connectivity index (χ4v) is 19.1. The topological polar surface area (TPSA) is 0 Å². The first-order valence-electron chi connectivity index (χ1n) is 8.12. The van der Waals surface area contributed by atoms with E-state index in [-0.39, 0.29) is 81.7 Å². The van der Waals surface area contributed by atoms with Crippen molar-refractivity contribution in [1.82, 2.24) is 0 Å². The van der Waals surface area contributed by atoms with Gasteiger partial charge in [-0.1, -0.05) is 0 Å². The fourth-order valence-electron chi connectivity index (χ4n) is 2.12. The van der Waals surface area contributed by atoms with Crippen molar-refractivity contribution in [3.05, 3.63) is 0 Å². The van der Waals surface area contributed by atoms with Gasteiger partial charge < -0.3 is 0 Å². The molecule has 0 aromatic carbocycles. The molecule has 0 heterocycles. The van der Waals surface area contributed by atoms with Gasteiger partial charge in [0.1, 0.15) is 0 Å². The van der Waals surface area contributed by atoms with E-state index in [1.807, 2.05) is 0 Å². The molecule has 0 aromatic heterocycles. The van der Waals surface area contributed by atoms with Gasteiger partial charge in [-0.15, -0.1) is 0 Å². The molecule has 0 saturated heterocycles. The standard InChI is InChI=1S/3C5H14P2.2Cu/c3*1-6(2)5-7(3)4;;/h3*5H2,1-4H3;;/q;;;2*+1/p+6. The van der Waals surface area contributed by atoms with Crippen LogP contribution in [0.5, 0.6) is 0 Å². The Bertz CT molecular complexity index is 149. The zero-order valence-electron chi connectivity index (χ0n) is 17.7. The third-order valence-electron chi connectivity index (χ3n) is 2.12. The molecular weight excluding hydrogens is 493 g/mol. The molecule has 0 amide bonds. The van der Waals surface area contributed by atoms with Crippen LogP contribution < -0.4 is 0 Å². The van der Waals surface area contributed by atoms with Crippen LogP contribution in [0.2, 0.25) is 0 Å². The van der Waals surface area contributed by atoms with Crippen molar-refractivity contribution in [2.45, 2.75) is 0 Å². The monoisotopic (exact) mass is 540 g/mol. The Labute approximate surface area is 178 Å². The molecule has 0 bridgehead atoms. The van der Waals surface area contributed by atoms with Crippen LogP contribution in [0.25, 0.3) is 0 Å². The molecule has 152 valence electrons. The fraction of sp³-hybridized carbons (Fsp3) is 1.00. The molecule has 8 heteroatoms. The third-order valence-corrected chi connectivity index (χ3v) is 19.1. The van der Waals surface area contributed by atoms with Gasteiger partial charge in [0.2, 0.25) is 0 Å². The summed E-state index contributed by atoms with van der Waals surface area (Å²) in [5, 5.41) is 0. The summed E-state index contributed by atoms with van der Waals surface area (Å²) < 4.78 is 0. The van der Waals surface area contributed by atoms with Gasteiger partial charge in [0.25, 0.3) is 0 Å². The Balaban J connectivity index is -0.0000000675. The second kappa shape index (κ2) is 25.6. The molecule has 0 aromatic rings. The first kappa shape index (κ1) is 37.4. The molecule has 23 heavy (non-hydrogen) atoms. The predicted octanol–water partition coefficient (Wildman–Crippen LogP) is 5.67. The van der Waals surface area contributed by atoms with Crippen LogP contribution in [0.3, 0.4) is 0 Å². The Kier molecular flexibility index (Phi) is 41.6. The van der Waals surface area contributed by atoms with E-state index in [0.29, 0.717) is 0 Å². The molecule has 0 nitrogen and oxygen atoms in total. The minimum Gasteiger partial charge on any atom is 0.0323 e. The van der Waals surface area contributed by atoms with Gasteiger partial charge in [-0.2, -0.15) is 0 Å². The first-order valence-corrected chi connectivity index (χ1v) is 24.4. The quantitative estimate of drug-likeness (QED) is 0.301. The summed E-state index contributed by atoms with van der Waals surface area (Å²) in [6.07, 6.45) is 0. The van der Waals surface area contributed by atoms with Gasteiger partial charge in [-0.3, -0.25) is 0 Å². The molecule has 0 saturated carbocycles. The van der Waals surface area contributed by atoms with Crippen molar-refractivity contribution >= 4 is 47.5 Å². The van der Waals surface area contributed by atoms with Crippen LogP contribution in [0.15, 0.2) is 0 Å². The Morgan fingerprint density at radius 1 is 0.304 bits per heavy atom. The van der Waals surface area contributed by atoms with E-state index in [9.17, 15) is 0 Å². The van der Waals surface area contributed by atoms with Crippen LogP contribution in [0.1, 0.15) is 0 Å². The molecule has 0 N–H and O–H groups in total. The zero-order valence-corrected chi connectivity index (χ0v) is 25.6. The van der Waals surface area contributed by atoms with Crippen molar-refractivity contribution in [3.8, 4) is 0 Å². The van der Waals surface area contributed by atoms with Crippen LogP contribution in [-0.2, 0) is 34.1 Å². The second-order valence-corrected chi connectivity index (χ2v) is 26.5. The zero-order chi connectivity index (χ0) is 17.6. The summed E-state index contributed by atoms with van der Waals surface area (Å²) in [7, 11) is 0.667. The maximum Gasteiger partial charge on any atom is 1.00 e. The van der Waals surface area contributed by atoms with Crippen molar-refractivity contribution in [1.29, 1.82) is 0 Å². The van der Waals surface area contributed by atoms with Gasteiger partial charge in [0, 0.05) is 128 Å². The summed E-state index contributed by atoms with van der Waals surface area (Å²) in [5.74, 6) is 4.69. The Morgan fingerprint density at radius 3 is 0.391 bits per heavy atom. The van der Waals surface area contributed by atoms with Crippen LogP contribution >= 0.6 is 47.5 Å². The summed E-state index contributed by atoms with van der Waals surface area (Å²) in [5.41, 5.74) is 0. The van der Waals surface area contributed by atoms with E-state index < -0.39 is 0 Å². The van der Waals surface area contributed by atoms with Gasteiger partial charge in [-0.05, 0) is 0 Å². The maximum atomic E-state index is 2.39. The summed E-state index contributed by atoms with van der Waals surface area (Å²) in [4.78, 5) is 0. The molecular formula is C15H48Cu2P6+8. The maximum absolute atomic E-state index is 2.39. The van der Waals surface area contributed by atoms with Crippen molar-refractivity contribution in [2.75, 3.05) is 97.7 Å². The summed E-state index contributed by atoms with van der Waals surface area (Å²) in [6, 6.07) is 0. The smallest absolute Gasteiger partial charge is 0.0323 e. The van der Waals surface area contributed by atoms with Crippen molar-refractivity contribution in [3.63, 3.8) is 0 Å². The average molecular weight is 541 g/mol. The molecule has 0 unspecified atom stereocenters. The summed E-state index contributed by atoms with van der Waals surface area (Å²) in [6.45, 7) is 28.7. The molecule has 0 atom stereocenters. The molecule has 0 aliphatic carbocycles. The molecule has 0 rings (SSSR count). The predicted molar refractivity (Wildman–Crippen MR) is 136 cm³/mol. The number of rotatable bonds is 6. The average Bonchev–Trinajstić information content (AvgIpc) is 2.10. The molecule has 0 fully saturated rings. The molecule has 0 aliphatic rings. The summed E-state index contributed by atoms with van der Waals surface area (Å²) >= 11 is 0. The van der Waals surface area contributed by atoms with Gasteiger partial charge in [0.15, 0.2) is 17.7 Å². The van der Waals surface area contributed by atoms with Gasteiger partial charge >= 0.3 is 34.1 Å². The van der Waals surface area contributed by atoms with Gasteiger partial charge in [0.05, 0.1) is 0 Å². The normalized spacial score (nSPS) is 10.2. The SMILES string of the molecule is C[PH+](C)C[PH+](C)C.C[PH+](C)C[PH+](C)C.C[PH+](C)C[PH+](C)C.[Cu+].[Cu+]. The Morgan fingerprint density at radius 2 is 0.391 bits per heavy atom. The van der Waals surface area contributed by atoms with E-state index in [4.69, 9.17) is 0 Å². The van der Waals surface area contributed by atoms with E-state index in [1.54, 1.807) is 17.7 Å². The van der Waals surface area contributed by atoms with Crippen LogP contribution in [-0.4, -0.2) is 97.7 Å². The minimum atomic E-state index is 0. The number of hydrogen-bond acceptors (Lipinski definition) is 0. The molecule has 0 aliphatic heterocycles. The Hall–Kier alpha value is 3.62. The van der Waals surface area contributed by atoms with Crippen molar-refractivity contribution < 1.29 is 34.1 Å². The van der Waals surface area contributed by atoms with E-state index in [2.05, 4.69) is 80.0 Å². The number of hydrogen-bond donors (Lipinski definition) is 0. The van der Waals surface area contributed by atoms with Crippen LogP contribution in [0.4, 0.5) is 0 Å². The van der Waals surface area contributed by atoms with Gasteiger partial charge in [-0.25, -0.2) is 0 Å². The van der Waals surface area contributed by atoms with E-state index in [0.717, 1.165) is 0 Å². The second-order valence-electron chi connectivity index (χ2n) is 7.77. The third kappa shape index (κ3) is 58.6. The van der Waals surface area contributed by atoms with Crippen molar-refractivity contribution in [2.24, 2.45) is 0 Å². The van der Waals surface area contributed by atoms with E-state index >= 15 is 0 Å². The molecule has 0 spiro atoms. The largest absolute Gasteiger partial charge is 1.00 e. The molecule has 0 radical (unpaired) electrons. The van der Waals surface area contributed by atoms with E-state index in [1.165, 1.54) is 0 Å². The van der Waals surface area contributed by atoms with Crippen LogP contribution in [0, 0.1) is 0 Å². The first-order chi connectivity index (χ1) is 9.38. The minimum absolute atomic E-state index is 0.